The van der Waals surface area contributed by atoms with Gasteiger partial charge >= 0.3 is 0 Å². The van der Waals surface area contributed by atoms with Gasteiger partial charge in [-0.3, -0.25) is 0 Å². The molecule has 0 bridgehead atoms. The largest absolute Gasteiger partial charge is 0.0692 e. The average Bonchev–Trinajstić information content (AvgIpc) is 3.44. The lowest BCUT2D eigenvalue weighted by atomic mass is 9.58. The van der Waals surface area contributed by atoms with E-state index in [0.29, 0.717) is 0 Å². The molecule has 6 rings (SSSR count). The van der Waals surface area contributed by atoms with E-state index in [9.17, 15) is 0 Å². The Morgan fingerprint density at radius 3 is 1.50 bits per heavy atom. The second-order valence-electron chi connectivity index (χ2n) is 9.03. The van der Waals surface area contributed by atoms with E-state index in [2.05, 4.69) is 128 Å². The summed E-state index contributed by atoms with van der Waals surface area (Å²) in [5, 5.41) is 0. The van der Waals surface area contributed by atoms with E-state index in [-0.39, 0.29) is 11.3 Å². The first kappa shape index (κ1) is 19.1. The highest BCUT2D eigenvalue weighted by molar-refractivity contribution is 5.81. The molecule has 0 amide bonds. The predicted molar refractivity (Wildman–Crippen MR) is 134 cm³/mol. The Morgan fingerprint density at radius 1 is 0.562 bits per heavy atom. The van der Waals surface area contributed by atoms with Crippen LogP contribution in [0.5, 0.6) is 0 Å². The number of rotatable bonds is 4. The molecule has 0 unspecified atom stereocenters. The van der Waals surface area contributed by atoms with Gasteiger partial charge in [-0.25, -0.2) is 0 Å². The summed E-state index contributed by atoms with van der Waals surface area (Å²) in [5.41, 5.74) is 10.9. The van der Waals surface area contributed by atoms with E-state index >= 15 is 0 Å². The number of hydrogen-bond acceptors (Lipinski definition) is 0. The molecule has 154 valence electrons. The Kier molecular flexibility index (Phi) is 4.47. The number of allylic oxidation sites excluding steroid dienone is 4. The van der Waals surface area contributed by atoms with Crippen molar-refractivity contribution >= 4 is 0 Å². The lowest BCUT2D eigenvalue weighted by molar-refractivity contribution is 0.525. The maximum Gasteiger partial charge on any atom is 0.0526 e. The normalized spacial score (nSPS) is 15.2. The van der Waals surface area contributed by atoms with Gasteiger partial charge in [0.15, 0.2) is 0 Å². The zero-order valence-corrected chi connectivity index (χ0v) is 18.3. The van der Waals surface area contributed by atoms with Gasteiger partial charge in [0, 0.05) is 5.92 Å². The van der Waals surface area contributed by atoms with Crippen LogP contribution in [-0.4, -0.2) is 0 Å². The van der Waals surface area contributed by atoms with Crippen molar-refractivity contribution in [2.75, 3.05) is 0 Å². The summed E-state index contributed by atoms with van der Waals surface area (Å²) in [6.45, 7) is 2.25. The molecular weight excluding hydrogens is 384 g/mol. The van der Waals surface area contributed by atoms with Crippen LogP contribution in [-0.2, 0) is 5.41 Å². The second kappa shape index (κ2) is 7.50. The number of hydrogen-bond donors (Lipinski definition) is 0. The minimum atomic E-state index is -0.278. The predicted octanol–water partition coefficient (Wildman–Crippen LogP) is 8.06. The highest BCUT2D eigenvalue weighted by Gasteiger charge is 2.50. The van der Waals surface area contributed by atoms with Crippen LogP contribution in [0.1, 0.15) is 41.5 Å². The van der Waals surface area contributed by atoms with Crippen molar-refractivity contribution < 1.29 is 0 Å². The van der Waals surface area contributed by atoms with Gasteiger partial charge in [-0.1, -0.05) is 132 Å². The molecule has 0 heterocycles. The second-order valence-corrected chi connectivity index (χ2v) is 9.03. The Balaban J connectivity index is 1.75. The summed E-state index contributed by atoms with van der Waals surface area (Å²) in [7, 11) is 0. The van der Waals surface area contributed by atoms with Crippen LogP contribution in [0.25, 0.3) is 11.1 Å². The SMILES string of the molecule is CC1=CC=C(C(c2ccccc2)(c2ccccc2)C2c3ccccc3-c3ccccc32)C1. The van der Waals surface area contributed by atoms with Crippen molar-refractivity contribution in [2.45, 2.75) is 24.7 Å². The zero-order valence-electron chi connectivity index (χ0n) is 18.3. The van der Waals surface area contributed by atoms with Gasteiger partial charge in [-0.15, -0.1) is 0 Å². The van der Waals surface area contributed by atoms with Gasteiger partial charge in [-0.2, -0.15) is 0 Å². The molecule has 0 saturated heterocycles. The van der Waals surface area contributed by atoms with Crippen LogP contribution in [0.15, 0.2) is 132 Å². The third-order valence-electron chi connectivity index (χ3n) is 7.27. The summed E-state index contributed by atoms with van der Waals surface area (Å²) in [6, 6.07) is 40.3. The van der Waals surface area contributed by atoms with Crippen molar-refractivity contribution in [3.05, 3.63) is 155 Å². The summed E-state index contributed by atoms with van der Waals surface area (Å²) in [5.74, 6) is 0.213. The first-order valence-corrected chi connectivity index (χ1v) is 11.5. The molecule has 32 heavy (non-hydrogen) atoms. The molecule has 0 fully saturated rings. The van der Waals surface area contributed by atoms with Gasteiger partial charge in [0.2, 0.25) is 0 Å². The maximum atomic E-state index is 2.39. The summed E-state index contributed by atoms with van der Waals surface area (Å²) >= 11 is 0. The third-order valence-corrected chi connectivity index (χ3v) is 7.27. The third kappa shape index (κ3) is 2.69. The molecule has 0 nitrogen and oxygen atoms in total. The molecule has 2 aliphatic rings. The molecular formula is C32H26. The van der Waals surface area contributed by atoms with Gasteiger partial charge in [0.05, 0.1) is 5.41 Å². The van der Waals surface area contributed by atoms with E-state index < -0.39 is 0 Å². The average molecular weight is 411 g/mol. The van der Waals surface area contributed by atoms with E-state index in [0.717, 1.165) is 6.42 Å². The molecule has 0 atom stereocenters. The monoisotopic (exact) mass is 410 g/mol. The van der Waals surface area contributed by atoms with Crippen LogP contribution >= 0.6 is 0 Å². The Hall–Kier alpha value is -3.64. The van der Waals surface area contributed by atoms with Crippen LogP contribution in [0.4, 0.5) is 0 Å². The van der Waals surface area contributed by atoms with Crippen molar-refractivity contribution in [1.82, 2.24) is 0 Å². The first-order valence-electron chi connectivity index (χ1n) is 11.5. The number of benzene rings is 4. The first-order chi connectivity index (χ1) is 15.8. The summed E-state index contributed by atoms with van der Waals surface area (Å²) in [4.78, 5) is 0. The molecule has 0 heteroatoms. The quantitative estimate of drug-likeness (QED) is 0.319. The zero-order chi connectivity index (χ0) is 21.5. The number of fused-ring (bicyclic) bond motifs is 3. The van der Waals surface area contributed by atoms with Gasteiger partial charge in [0.25, 0.3) is 0 Å². The van der Waals surface area contributed by atoms with Crippen molar-refractivity contribution in [1.29, 1.82) is 0 Å². The summed E-state index contributed by atoms with van der Waals surface area (Å²) < 4.78 is 0. The molecule has 0 saturated carbocycles. The standard InChI is InChI=1S/C32H26/c1-23-20-21-26(22-23)32(24-12-4-2-5-13-24,25-14-6-3-7-15-25)31-29-18-10-8-16-27(29)28-17-9-11-19-30(28)31/h2-21,31H,22H2,1H3. The van der Waals surface area contributed by atoms with E-state index in [4.69, 9.17) is 0 Å². The molecule has 0 N–H and O–H groups in total. The topological polar surface area (TPSA) is 0 Å². The minimum Gasteiger partial charge on any atom is -0.0692 e. The van der Waals surface area contributed by atoms with Crippen LogP contribution in [0.3, 0.4) is 0 Å². The lowest BCUT2D eigenvalue weighted by Gasteiger charge is -2.43. The van der Waals surface area contributed by atoms with E-state index in [1.165, 1.54) is 44.5 Å². The van der Waals surface area contributed by atoms with Crippen LogP contribution in [0.2, 0.25) is 0 Å². The Labute approximate surface area is 190 Å². The molecule has 0 radical (unpaired) electrons. The van der Waals surface area contributed by atoms with E-state index in [1.54, 1.807) is 0 Å². The smallest absolute Gasteiger partial charge is 0.0526 e. The Morgan fingerprint density at radius 2 is 1.03 bits per heavy atom. The molecule has 2 aliphatic carbocycles. The minimum absolute atomic E-state index is 0.213. The highest BCUT2D eigenvalue weighted by atomic mass is 14.5. The van der Waals surface area contributed by atoms with Crippen molar-refractivity contribution in [3.63, 3.8) is 0 Å². The van der Waals surface area contributed by atoms with Crippen LogP contribution in [0, 0.1) is 0 Å². The fourth-order valence-corrected chi connectivity index (χ4v) is 6.01. The van der Waals surface area contributed by atoms with E-state index in [1.807, 2.05) is 0 Å². The Bertz CT molecular complexity index is 1250. The maximum absolute atomic E-state index is 2.39. The molecule has 4 aromatic rings. The fraction of sp³-hybridized carbons (Fsp3) is 0.125. The van der Waals surface area contributed by atoms with Crippen molar-refractivity contribution in [3.8, 4) is 11.1 Å². The lowest BCUT2D eigenvalue weighted by Crippen LogP contribution is -2.37. The van der Waals surface area contributed by atoms with Gasteiger partial charge in [0.1, 0.15) is 0 Å². The molecule has 4 aromatic carbocycles. The highest BCUT2D eigenvalue weighted by Crippen LogP contribution is 2.60. The van der Waals surface area contributed by atoms with Crippen LogP contribution < -0.4 is 0 Å². The van der Waals surface area contributed by atoms with Crippen molar-refractivity contribution in [2.24, 2.45) is 0 Å². The van der Waals surface area contributed by atoms with Gasteiger partial charge in [-0.05, 0) is 46.7 Å². The molecule has 0 spiro atoms. The molecule has 0 aliphatic heterocycles. The fourth-order valence-electron chi connectivity index (χ4n) is 6.01. The molecule has 0 aromatic heterocycles. The van der Waals surface area contributed by atoms with Gasteiger partial charge < -0.3 is 0 Å². The summed E-state index contributed by atoms with van der Waals surface area (Å²) in [6.07, 6.45) is 5.70.